The molecule has 5 heteroatoms. The second-order valence-electron chi connectivity index (χ2n) is 3.93. The number of aliphatic hydroxyl groups is 1. The second-order valence-corrected chi connectivity index (χ2v) is 4.92. The fourth-order valence-corrected chi connectivity index (χ4v) is 1.58. The lowest BCUT2D eigenvalue weighted by Crippen LogP contribution is -2.48. The lowest BCUT2D eigenvalue weighted by atomic mass is 10.0. The molecule has 4 N–H and O–H groups in total. The first kappa shape index (κ1) is 14.7. The molecule has 1 amide bonds. The summed E-state index contributed by atoms with van der Waals surface area (Å²) in [4.78, 5) is 11.6. The van der Waals surface area contributed by atoms with Gasteiger partial charge in [-0.25, -0.2) is 0 Å². The van der Waals surface area contributed by atoms with E-state index < -0.39 is 6.04 Å². The van der Waals surface area contributed by atoms with Gasteiger partial charge in [0.2, 0.25) is 5.91 Å². The number of hydrogen-bond acceptors (Lipinski definition) is 4. The lowest BCUT2D eigenvalue weighted by Gasteiger charge is -2.22. The van der Waals surface area contributed by atoms with Crippen molar-refractivity contribution in [3.05, 3.63) is 0 Å². The quantitative estimate of drug-likeness (QED) is 0.588. The van der Waals surface area contributed by atoms with Crippen LogP contribution in [0.25, 0.3) is 0 Å². The van der Waals surface area contributed by atoms with Gasteiger partial charge in [-0.3, -0.25) is 4.79 Å². The van der Waals surface area contributed by atoms with Gasteiger partial charge in [-0.05, 0) is 24.3 Å². The Kier molecular flexibility index (Phi) is 7.82. The van der Waals surface area contributed by atoms with E-state index in [1.165, 1.54) is 0 Å². The normalized spacial score (nSPS) is 15.1. The Balaban J connectivity index is 3.98. The Morgan fingerprint density at radius 3 is 2.53 bits per heavy atom. The van der Waals surface area contributed by atoms with E-state index in [9.17, 15) is 4.79 Å². The Morgan fingerprint density at radius 1 is 1.53 bits per heavy atom. The monoisotopic (exact) mass is 234 g/mol. The zero-order valence-electron chi connectivity index (χ0n) is 9.69. The molecular formula is C10H22N2O2S. The van der Waals surface area contributed by atoms with Crippen molar-refractivity contribution in [2.45, 2.75) is 32.4 Å². The summed E-state index contributed by atoms with van der Waals surface area (Å²) >= 11 is 1.67. The number of carbonyl (C=O) groups is 1. The maximum atomic E-state index is 11.6. The van der Waals surface area contributed by atoms with Crippen LogP contribution in [0, 0.1) is 5.92 Å². The maximum absolute atomic E-state index is 11.6. The molecule has 0 aromatic carbocycles. The smallest absolute Gasteiger partial charge is 0.237 e. The van der Waals surface area contributed by atoms with Crippen molar-refractivity contribution in [3.63, 3.8) is 0 Å². The minimum absolute atomic E-state index is 0.0430. The van der Waals surface area contributed by atoms with E-state index in [4.69, 9.17) is 10.8 Å². The average Bonchev–Trinajstić information content (AvgIpc) is 2.21. The molecule has 0 aliphatic rings. The summed E-state index contributed by atoms with van der Waals surface area (Å²) in [6, 6.07) is -0.664. The van der Waals surface area contributed by atoms with Crippen molar-refractivity contribution in [2.75, 3.05) is 18.6 Å². The number of hydrogen-bond donors (Lipinski definition) is 3. The van der Waals surface area contributed by atoms with Crippen LogP contribution in [0.2, 0.25) is 0 Å². The van der Waals surface area contributed by atoms with Gasteiger partial charge in [0.1, 0.15) is 0 Å². The molecule has 0 aromatic heterocycles. The average molecular weight is 234 g/mol. The molecule has 0 heterocycles. The van der Waals surface area contributed by atoms with Crippen molar-refractivity contribution in [2.24, 2.45) is 11.7 Å². The molecule has 0 saturated carbocycles. The molecule has 0 fully saturated rings. The van der Waals surface area contributed by atoms with Crippen LogP contribution < -0.4 is 11.1 Å². The summed E-state index contributed by atoms with van der Waals surface area (Å²) < 4.78 is 0. The third-order valence-electron chi connectivity index (χ3n) is 2.30. The van der Waals surface area contributed by atoms with Gasteiger partial charge in [0.15, 0.2) is 0 Å². The van der Waals surface area contributed by atoms with Crippen molar-refractivity contribution < 1.29 is 9.90 Å². The first-order chi connectivity index (χ1) is 7.02. The number of thioether (sulfide) groups is 1. The van der Waals surface area contributed by atoms with Crippen molar-refractivity contribution in [1.82, 2.24) is 5.32 Å². The summed E-state index contributed by atoms with van der Waals surface area (Å²) in [7, 11) is 0. The molecule has 0 saturated heterocycles. The first-order valence-electron chi connectivity index (χ1n) is 5.18. The molecule has 2 atom stereocenters. The molecule has 0 spiro atoms. The lowest BCUT2D eigenvalue weighted by molar-refractivity contribution is -0.123. The van der Waals surface area contributed by atoms with E-state index in [1.54, 1.807) is 11.8 Å². The molecule has 15 heavy (non-hydrogen) atoms. The molecule has 0 radical (unpaired) electrons. The predicted octanol–water partition coefficient (Wildman–Crippen LogP) is 0.200. The molecule has 90 valence electrons. The van der Waals surface area contributed by atoms with E-state index in [0.29, 0.717) is 6.42 Å². The highest BCUT2D eigenvalue weighted by molar-refractivity contribution is 7.98. The van der Waals surface area contributed by atoms with E-state index in [0.717, 1.165) is 5.75 Å². The highest BCUT2D eigenvalue weighted by atomic mass is 32.2. The van der Waals surface area contributed by atoms with E-state index >= 15 is 0 Å². The van der Waals surface area contributed by atoms with Crippen LogP contribution in [-0.4, -0.2) is 41.7 Å². The Labute approximate surface area is 96.0 Å². The van der Waals surface area contributed by atoms with Gasteiger partial charge in [0.25, 0.3) is 0 Å². The Hall–Kier alpha value is -0.260. The summed E-state index contributed by atoms with van der Waals surface area (Å²) in [5.74, 6) is 0.920. The predicted molar refractivity (Wildman–Crippen MR) is 64.8 cm³/mol. The van der Waals surface area contributed by atoms with Gasteiger partial charge in [-0.15, -0.1) is 0 Å². The fraction of sp³-hybridized carbons (Fsp3) is 0.900. The minimum Gasteiger partial charge on any atom is -0.394 e. The number of nitrogens with two attached hydrogens (primary N) is 1. The molecule has 0 unspecified atom stereocenters. The van der Waals surface area contributed by atoms with Crippen LogP contribution in [-0.2, 0) is 4.79 Å². The maximum Gasteiger partial charge on any atom is 0.237 e. The van der Waals surface area contributed by atoms with E-state index in [1.807, 2.05) is 20.1 Å². The minimum atomic E-state index is -0.467. The number of aliphatic hydroxyl groups excluding tert-OH is 1. The zero-order valence-corrected chi connectivity index (χ0v) is 10.5. The van der Waals surface area contributed by atoms with Gasteiger partial charge in [0, 0.05) is 0 Å². The van der Waals surface area contributed by atoms with Crippen LogP contribution in [0.15, 0.2) is 0 Å². The topological polar surface area (TPSA) is 75.4 Å². The number of amides is 1. The standard InChI is InChI=1S/C10H22N2O2S/c1-7(2)9(6-13)12-10(14)8(11)4-5-15-3/h7-9,13H,4-6,11H2,1-3H3,(H,12,14)/t8-,9-/m1/s1. The molecule has 0 aliphatic carbocycles. The van der Waals surface area contributed by atoms with E-state index in [-0.39, 0.29) is 24.5 Å². The molecular weight excluding hydrogens is 212 g/mol. The van der Waals surface area contributed by atoms with Gasteiger partial charge < -0.3 is 16.2 Å². The summed E-state index contributed by atoms with van der Waals surface area (Å²) in [6.45, 7) is 3.86. The summed E-state index contributed by atoms with van der Waals surface area (Å²) in [5.41, 5.74) is 5.70. The van der Waals surface area contributed by atoms with Gasteiger partial charge in [0.05, 0.1) is 18.7 Å². The highest BCUT2D eigenvalue weighted by Crippen LogP contribution is 2.03. The fourth-order valence-electron chi connectivity index (χ4n) is 1.09. The zero-order chi connectivity index (χ0) is 11.8. The van der Waals surface area contributed by atoms with Crippen LogP contribution in [0.4, 0.5) is 0 Å². The van der Waals surface area contributed by atoms with Crippen molar-refractivity contribution in [3.8, 4) is 0 Å². The molecule has 0 aromatic rings. The molecule has 0 rings (SSSR count). The SMILES string of the molecule is CSCC[C@@H](N)C(=O)N[C@H](CO)C(C)C. The molecule has 0 aliphatic heterocycles. The van der Waals surface area contributed by atoms with Crippen molar-refractivity contribution in [1.29, 1.82) is 0 Å². The van der Waals surface area contributed by atoms with Crippen LogP contribution in [0.3, 0.4) is 0 Å². The van der Waals surface area contributed by atoms with Gasteiger partial charge in [-0.1, -0.05) is 13.8 Å². The van der Waals surface area contributed by atoms with E-state index in [2.05, 4.69) is 5.32 Å². The third-order valence-corrected chi connectivity index (χ3v) is 2.94. The van der Waals surface area contributed by atoms with Gasteiger partial charge in [-0.2, -0.15) is 11.8 Å². The Bertz CT molecular complexity index is 188. The van der Waals surface area contributed by atoms with Crippen molar-refractivity contribution >= 4 is 17.7 Å². The Morgan fingerprint density at radius 2 is 2.13 bits per heavy atom. The molecule has 0 bridgehead atoms. The highest BCUT2D eigenvalue weighted by Gasteiger charge is 2.19. The first-order valence-corrected chi connectivity index (χ1v) is 6.58. The van der Waals surface area contributed by atoms with Crippen LogP contribution >= 0.6 is 11.8 Å². The number of carbonyl (C=O) groups excluding carboxylic acids is 1. The van der Waals surface area contributed by atoms with Crippen LogP contribution in [0.1, 0.15) is 20.3 Å². The third kappa shape index (κ3) is 6.02. The van der Waals surface area contributed by atoms with Crippen LogP contribution in [0.5, 0.6) is 0 Å². The summed E-state index contributed by atoms with van der Waals surface area (Å²) in [5, 5.41) is 11.8. The van der Waals surface area contributed by atoms with Gasteiger partial charge >= 0.3 is 0 Å². The largest absolute Gasteiger partial charge is 0.394 e. The second kappa shape index (κ2) is 7.96. The summed E-state index contributed by atoms with van der Waals surface area (Å²) in [6.07, 6.45) is 2.65. The molecule has 4 nitrogen and oxygen atoms in total. The number of rotatable bonds is 7. The number of nitrogens with one attached hydrogen (secondary N) is 1.